The summed E-state index contributed by atoms with van der Waals surface area (Å²) in [6, 6.07) is 21.4. The number of hydrogen-bond donors (Lipinski definition) is 1. The van der Waals surface area contributed by atoms with Crippen LogP contribution in [0.5, 0.6) is 5.75 Å². The quantitative estimate of drug-likeness (QED) is 0.592. The Hall–Kier alpha value is -3.18. The predicted molar refractivity (Wildman–Crippen MR) is 120 cm³/mol. The number of likely N-dealkylation sites (N-methyl/N-ethyl adjacent to an activating group) is 1. The zero-order chi connectivity index (χ0) is 21.5. The number of amides is 1. The first-order chi connectivity index (χ1) is 14.4. The molecule has 0 unspecified atom stereocenters. The fourth-order valence-corrected chi connectivity index (χ4v) is 3.50. The van der Waals surface area contributed by atoms with E-state index in [-0.39, 0.29) is 18.2 Å². The van der Waals surface area contributed by atoms with Crippen molar-refractivity contribution in [1.29, 1.82) is 0 Å². The summed E-state index contributed by atoms with van der Waals surface area (Å²) < 4.78 is 5.27. The lowest BCUT2D eigenvalue weighted by atomic mass is 10.0. The molecule has 0 aliphatic carbocycles. The van der Waals surface area contributed by atoms with Crippen molar-refractivity contribution in [3.8, 4) is 5.75 Å². The van der Waals surface area contributed by atoms with Crippen molar-refractivity contribution in [3.05, 3.63) is 77.9 Å². The molecule has 0 aliphatic rings. The molecule has 0 radical (unpaired) electrons. The number of carbonyl (C=O) groups excluding carboxylic acids is 2. The second-order valence-corrected chi connectivity index (χ2v) is 7.64. The third-order valence-corrected chi connectivity index (χ3v) is 5.09. The molecule has 30 heavy (non-hydrogen) atoms. The number of carbonyl (C=O) groups is 2. The summed E-state index contributed by atoms with van der Waals surface area (Å²) in [7, 11) is 3.56. The van der Waals surface area contributed by atoms with Crippen LogP contribution < -0.4 is 10.1 Å². The van der Waals surface area contributed by atoms with E-state index in [2.05, 4.69) is 23.5 Å². The smallest absolute Gasteiger partial charge is 0.234 e. The Labute approximate surface area is 177 Å². The lowest BCUT2D eigenvalue weighted by Gasteiger charge is -2.20. The zero-order valence-corrected chi connectivity index (χ0v) is 17.7. The maximum Gasteiger partial charge on any atom is 0.234 e. The molecule has 0 spiro atoms. The number of nitrogens with one attached hydrogen (secondary N) is 1. The maximum absolute atomic E-state index is 12.5. The van der Waals surface area contributed by atoms with Crippen LogP contribution in [-0.2, 0) is 22.6 Å². The fraction of sp³-hybridized carbons (Fsp3) is 0.280. The number of fused-ring (bicyclic) bond motifs is 1. The molecular formula is C25H28N2O3. The van der Waals surface area contributed by atoms with Crippen LogP contribution in [0, 0.1) is 0 Å². The third kappa shape index (κ3) is 5.91. The highest BCUT2D eigenvalue weighted by Gasteiger charge is 2.18. The predicted octanol–water partition coefficient (Wildman–Crippen LogP) is 3.60. The number of methoxy groups -OCH3 is 1. The lowest BCUT2D eigenvalue weighted by molar-refractivity contribution is -0.127. The van der Waals surface area contributed by atoms with Gasteiger partial charge in [-0.05, 0) is 60.5 Å². The number of Topliss-reactive ketones (excluding diaryl/α,β-unsaturated/α-hetero) is 1. The van der Waals surface area contributed by atoms with E-state index in [9.17, 15) is 9.59 Å². The van der Waals surface area contributed by atoms with E-state index in [1.165, 1.54) is 6.92 Å². The summed E-state index contributed by atoms with van der Waals surface area (Å²) in [5, 5.41) is 5.12. The molecule has 0 saturated heterocycles. The van der Waals surface area contributed by atoms with Gasteiger partial charge in [0.2, 0.25) is 5.91 Å². The molecular weight excluding hydrogens is 376 g/mol. The molecule has 0 aliphatic heterocycles. The molecule has 3 aromatic rings. The van der Waals surface area contributed by atoms with Crippen molar-refractivity contribution in [2.45, 2.75) is 25.9 Å². The number of nitrogens with zero attached hydrogens (tertiary/aromatic N) is 1. The highest BCUT2D eigenvalue weighted by Crippen LogP contribution is 2.22. The summed E-state index contributed by atoms with van der Waals surface area (Å²) >= 11 is 0. The highest BCUT2D eigenvalue weighted by atomic mass is 16.5. The van der Waals surface area contributed by atoms with Gasteiger partial charge >= 0.3 is 0 Å². The Morgan fingerprint density at radius 2 is 1.67 bits per heavy atom. The molecule has 5 nitrogen and oxygen atoms in total. The molecule has 156 valence electrons. The molecule has 5 heteroatoms. The van der Waals surface area contributed by atoms with E-state index in [1.807, 2.05) is 60.5 Å². The van der Waals surface area contributed by atoms with Gasteiger partial charge in [-0.3, -0.25) is 14.5 Å². The SMILES string of the molecule is COc1ccc2cc(CN(C)CC(=O)N[C@@H](Cc3ccccc3)C(C)=O)ccc2c1. The normalized spacial score (nSPS) is 12.0. The van der Waals surface area contributed by atoms with Gasteiger partial charge < -0.3 is 10.1 Å². The summed E-state index contributed by atoms with van der Waals surface area (Å²) in [6.07, 6.45) is 0.500. The molecule has 3 rings (SSSR count). The minimum atomic E-state index is -0.510. The molecule has 3 aromatic carbocycles. The van der Waals surface area contributed by atoms with Gasteiger partial charge in [0.1, 0.15) is 5.75 Å². The van der Waals surface area contributed by atoms with E-state index < -0.39 is 6.04 Å². The van der Waals surface area contributed by atoms with Crippen molar-refractivity contribution < 1.29 is 14.3 Å². The van der Waals surface area contributed by atoms with Crippen LogP contribution >= 0.6 is 0 Å². The van der Waals surface area contributed by atoms with E-state index in [4.69, 9.17) is 4.74 Å². The first kappa shape index (κ1) is 21.5. The van der Waals surface area contributed by atoms with Crippen molar-refractivity contribution in [2.24, 2.45) is 0 Å². The van der Waals surface area contributed by atoms with Gasteiger partial charge in [-0.25, -0.2) is 0 Å². The molecule has 0 heterocycles. The van der Waals surface area contributed by atoms with Crippen LogP contribution in [0.25, 0.3) is 10.8 Å². The average molecular weight is 405 g/mol. The first-order valence-corrected chi connectivity index (χ1v) is 10.0. The minimum Gasteiger partial charge on any atom is -0.497 e. The van der Waals surface area contributed by atoms with Crippen LogP contribution in [0.4, 0.5) is 0 Å². The van der Waals surface area contributed by atoms with Gasteiger partial charge in [0.15, 0.2) is 5.78 Å². The Kier molecular flexibility index (Phi) is 7.20. The van der Waals surface area contributed by atoms with E-state index >= 15 is 0 Å². The number of ketones is 1. The van der Waals surface area contributed by atoms with Crippen LogP contribution in [-0.4, -0.2) is 43.3 Å². The van der Waals surface area contributed by atoms with Gasteiger partial charge in [-0.1, -0.05) is 48.5 Å². The zero-order valence-electron chi connectivity index (χ0n) is 17.7. The third-order valence-electron chi connectivity index (χ3n) is 5.09. The van der Waals surface area contributed by atoms with Gasteiger partial charge in [-0.2, -0.15) is 0 Å². The molecule has 0 bridgehead atoms. The summed E-state index contributed by atoms with van der Waals surface area (Å²) in [5.74, 6) is 0.638. The average Bonchev–Trinajstić information content (AvgIpc) is 2.73. The number of ether oxygens (including phenoxy) is 1. The lowest BCUT2D eigenvalue weighted by Crippen LogP contribution is -2.45. The maximum atomic E-state index is 12.5. The molecule has 0 aromatic heterocycles. The largest absolute Gasteiger partial charge is 0.497 e. The Morgan fingerprint density at radius 3 is 2.37 bits per heavy atom. The van der Waals surface area contributed by atoms with Gasteiger partial charge in [0.05, 0.1) is 19.7 Å². The molecule has 1 amide bonds. The Balaban J connectivity index is 1.58. The van der Waals surface area contributed by atoms with Crippen LogP contribution in [0.15, 0.2) is 66.7 Å². The van der Waals surface area contributed by atoms with Crippen LogP contribution in [0.3, 0.4) is 0 Å². The molecule has 0 fully saturated rings. The topological polar surface area (TPSA) is 58.6 Å². The van der Waals surface area contributed by atoms with Crippen molar-refractivity contribution in [2.75, 3.05) is 20.7 Å². The van der Waals surface area contributed by atoms with Gasteiger partial charge in [0.25, 0.3) is 0 Å². The van der Waals surface area contributed by atoms with E-state index in [0.717, 1.165) is 27.6 Å². The fourth-order valence-electron chi connectivity index (χ4n) is 3.50. The number of rotatable bonds is 9. The molecule has 1 atom stereocenters. The molecule has 1 N–H and O–H groups in total. The summed E-state index contributed by atoms with van der Waals surface area (Å²) in [5.41, 5.74) is 2.15. The van der Waals surface area contributed by atoms with Crippen molar-refractivity contribution >= 4 is 22.5 Å². The van der Waals surface area contributed by atoms with E-state index in [1.54, 1.807) is 7.11 Å². The number of benzene rings is 3. The van der Waals surface area contributed by atoms with Crippen LogP contribution in [0.2, 0.25) is 0 Å². The van der Waals surface area contributed by atoms with Crippen molar-refractivity contribution in [3.63, 3.8) is 0 Å². The van der Waals surface area contributed by atoms with Gasteiger partial charge in [0, 0.05) is 6.54 Å². The second-order valence-electron chi connectivity index (χ2n) is 7.64. The number of hydrogen-bond acceptors (Lipinski definition) is 4. The monoisotopic (exact) mass is 404 g/mol. The minimum absolute atomic E-state index is 0.0418. The molecule has 0 saturated carbocycles. The Morgan fingerprint density at radius 1 is 0.967 bits per heavy atom. The van der Waals surface area contributed by atoms with E-state index in [0.29, 0.717) is 13.0 Å². The van der Waals surface area contributed by atoms with Crippen LogP contribution in [0.1, 0.15) is 18.1 Å². The van der Waals surface area contributed by atoms with Gasteiger partial charge in [-0.15, -0.1) is 0 Å². The second kappa shape index (κ2) is 10.0. The highest BCUT2D eigenvalue weighted by molar-refractivity contribution is 5.88. The Bertz CT molecular complexity index is 1020. The standard InChI is InChI=1S/C25H28N2O3/c1-18(28)24(14-19-7-5-4-6-8-19)26-25(29)17-27(2)16-20-9-10-22-15-23(30-3)12-11-21(22)13-20/h4-13,15,24H,14,16-17H2,1-3H3,(H,26,29)/t24-/m0/s1. The van der Waals surface area contributed by atoms with Crippen molar-refractivity contribution in [1.82, 2.24) is 10.2 Å². The summed E-state index contributed by atoms with van der Waals surface area (Å²) in [4.78, 5) is 26.5. The first-order valence-electron chi connectivity index (χ1n) is 10.0. The summed E-state index contributed by atoms with van der Waals surface area (Å²) in [6.45, 7) is 2.37.